The zero-order valence-electron chi connectivity index (χ0n) is 17.1. The number of aryl methyl sites for hydroxylation is 1. The number of amides is 2. The number of hydrogen-bond acceptors (Lipinski definition) is 7. The summed E-state index contributed by atoms with van der Waals surface area (Å²) in [5, 5.41) is 6.92. The molecule has 0 atom stereocenters. The lowest BCUT2D eigenvalue weighted by Crippen LogP contribution is -2.39. The van der Waals surface area contributed by atoms with E-state index in [4.69, 9.17) is 9.26 Å². The van der Waals surface area contributed by atoms with E-state index in [-0.39, 0.29) is 17.5 Å². The molecule has 9 heteroatoms. The summed E-state index contributed by atoms with van der Waals surface area (Å²) >= 11 is 1.35. The maximum absolute atomic E-state index is 11.8. The first-order valence-electron chi connectivity index (χ1n) is 9.27. The average Bonchev–Trinajstić information content (AvgIpc) is 3.15. The quantitative estimate of drug-likeness (QED) is 0.312. The highest BCUT2D eigenvalue weighted by atomic mass is 32.2. The van der Waals surface area contributed by atoms with Gasteiger partial charge in [0.25, 0.3) is 0 Å². The van der Waals surface area contributed by atoms with E-state index in [2.05, 4.69) is 66.1 Å². The van der Waals surface area contributed by atoms with E-state index >= 15 is 0 Å². The van der Waals surface area contributed by atoms with Crippen molar-refractivity contribution in [2.24, 2.45) is 0 Å². The number of benzene rings is 1. The fourth-order valence-corrected chi connectivity index (χ4v) is 2.73. The van der Waals surface area contributed by atoms with Crippen molar-refractivity contribution in [1.82, 2.24) is 20.9 Å². The summed E-state index contributed by atoms with van der Waals surface area (Å²) in [6.07, 6.45) is 3.55. The Morgan fingerprint density at radius 2 is 2.14 bits per heavy atom. The molecule has 0 radical (unpaired) electrons. The third-order valence-corrected chi connectivity index (χ3v) is 5.02. The molecule has 2 rings (SSSR count). The fraction of sp³-hybridized carbons (Fsp3) is 0.526. The molecule has 1 aromatic heterocycles. The van der Waals surface area contributed by atoms with Crippen molar-refractivity contribution in [3.63, 3.8) is 0 Å². The molecule has 0 unspecified atom stereocenters. The molecule has 0 bridgehead atoms. The number of urea groups is 1. The van der Waals surface area contributed by atoms with Gasteiger partial charge in [0.1, 0.15) is 5.75 Å². The number of ether oxygens (including phenoxy) is 1. The highest BCUT2D eigenvalue weighted by Crippen LogP contribution is 2.34. The molecule has 154 valence electrons. The zero-order chi connectivity index (χ0) is 20.6. The van der Waals surface area contributed by atoms with Crippen LogP contribution in [0.5, 0.6) is 5.75 Å². The van der Waals surface area contributed by atoms with Gasteiger partial charge in [0.15, 0.2) is 0 Å². The Morgan fingerprint density at radius 1 is 1.36 bits per heavy atom. The third kappa shape index (κ3) is 6.33. The van der Waals surface area contributed by atoms with Gasteiger partial charge in [-0.15, -0.1) is 0 Å². The summed E-state index contributed by atoms with van der Waals surface area (Å²) in [5.41, 5.74) is 7.49. The Bertz CT molecular complexity index is 779. The normalized spacial score (nSPS) is 11.2. The Kier molecular flexibility index (Phi) is 7.98. The van der Waals surface area contributed by atoms with Gasteiger partial charge in [0, 0.05) is 6.54 Å². The van der Waals surface area contributed by atoms with Crippen LogP contribution in [0.4, 0.5) is 10.8 Å². The molecule has 2 amide bonds. The molecule has 1 aromatic carbocycles. The van der Waals surface area contributed by atoms with E-state index < -0.39 is 0 Å². The number of rotatable bonds is 10. The number of thioether (sulfide) groups is 1. The molecule has 0 saturated heterocycles. The van der Waals surface area contributed by atoms with Gasteiger partial charge in [-0.25, -0.2) is 15.6 Å². The van der Waals surface area contributed by atoms with Crippen LogP contribution in [0.15, 0.2) is 27.9 Å². The van der Waals surface area contributed by atoms with Crippen LogP contribution < -0.4 is 20.9 Å². The topological polar surface area (TPSA) is 101 Å². The zero-order valence-corrected chi connectivity index (χ0v) is 17.9. The van der Waals surface area contributed by atoms with E-state index in [0.29, 0.717) is 24.7 Å². The summed E-state index contributed by atoms with van der Waals surface area (Å²) in [5.74, 6) is 0.907. The summed E-state index contributed by atoms with van der Waals surface area (Å²) in [4.78, 5) is 15.8. The fourth-order valence-electron chi connectivity index (χ4n) is 2.44. The van der Waals surface area contributed by atoms with Gasteiger partial charge in [-0.05, 0) is 48.2 Å². The number of nitrogens with zero attached hydrogens (tertiary/aromatic N) is 2. The number of nitrogens with one attached hydrogen (secondary N) is 3. The summed E-state index contributed by atoms with van der Waals surface area (Å²) < 4.78 is 10.9. The molecule has 0 aliphatic heterocycles. The lowest BCUT2D eigenvalue weighted by molar-refractivity contribution is 0.240. The summed E-state index contributed by atoms with van der Waals surface area (Å²) in [6.45, 7) is 9.71. The van der Waals surface area contributed by atoms with Crippen LogP contribution >= 0.6 is 11.8 Å². The molecule has 0 aliphatic rings. The number of aromatic nitrogens is 2. The first-order valence-corrected chi connectivity index (χ1v) is 10.5. The second-order valence-electron chi connectivity index (χ2n) is 7.03. The molecule has 1 heterocycles. The first kappa shape index (κ1) is 21.9. The maximum atomic E-state index is 11.8. The summed E-state index contributed by atoms with van der Waals surface area (Å²) in [6, 6.07) is 6.03. The minimum Gasteiger partial charge on any atom is -0.493 e. The van der Waals surface area contributed by atoms with Crippen molar-refractivity contribution in [3.8, 4) is 5.75 Å². The van der Waals surface area contributed by atoms with E-state index in [0.717, 1.165) is 12.2 Å². The standard InChI is InChI=1S/C19H29N5O3S/c1-6-19(3,4)14-12-13(2)8-9-15(14)26-11-7-10-20-16(25)22-23-17-21-18(28-5)24-27-17/h8-9,12H,6-7,10-11H2,1-5H3,(H2,20,22,25)(H,21,23,24). The van der Waals surface area contributed by atoms with Crippen LogP contribution in [0.25, 0.3) is 0 Å². The van der Waals surface area contributed by atoms with Crippen molar-refractivity contribution < 1.29 is 14.1 Å². The van der Waals surface area contributed by atoms with Gasteiger partial charge in [-0.3, -0.25) is 0 Å². The van der Waals surface area contributed by atoms with Crippen LogP contribution in [-0.2, 0) is 5.41 Å². The largest absolute Gasteiger partial charge is 0.493 e. The Balaban J connectivity index is 1.72. The molecular weight excluding hydrogens is 378 g/mol. The molecule has 0 aliphatic carbocycles. The van der Waals surface area contributed by atoms with Crippen molar-refractivity contribution in [3.05, 3.63) is 29.3 Å². The van der Waals surface area contributed by atoms with E-state index in [1.807, 2.05) is 12.3 Å². The smallest absolute Gasteiger partial charge is 0.340 e. The average molecular weight is 408 g/mol. The number of carbonyl (C=O) groups excluding carboxylic acids is 1. The number of hydrazine groups is 1. The van der Waals surface area contributed by atoms with E-state index in [9.17, 15) is 4.79 Å². The lowest BCUT2D eigenvalue weighted by Gasteiger charge is -2.26. The first-order chi connectivity index (χ1) is 13.4. The molecule has 2 aromatic rings. The minimum atomic E-state index is -0.382. The number of hydrogen-bond donors (Lipinski definition) is 3. The monoisotopic (exact) mass is 407 g/mol. The highest BCUT2D eigenvalue weighted by molar-refractivity contribution is 7.98. The predicted octanol–water partition coefficient (Wildman–Crippen LogP) is 3.88. The van der Waals surface area contributed by atoms with Crippen LogP contribution in [0.1, 0.15) is 44.7 Å². The van der Waals surface area contributed by atoms with Crippen molar-refractivity contribution in [2.75, 3.05) is 24.8 Å². The van der Waals surface area contributed by atoms with Crippen molar-refractivity contribution in [2.45, 2.75) is 51.1 Å². The van der Waals surface area contributed by atoms with Crippen LogP contribution in [0.2, 0.25) is 0 Å². The molecule has 28 heavy (non-hydrogen) atoms. The predicted molar refractivity (Wildman–Crippen MR) is 111 cm³/mol. The van der Waals surface area contributed by atoms with E-state index in [1.54, 1.807) is 0 Å². The molecule has 0 spiro atoms. The maximum Gasteiger partial charge on any atom is 0.340 e. The molecule has 0 saturated carbocycles. The van der Waals surface area contributed by atoms with E-state index in [1.165, 1.54) is 22.9 Å². The number of anilines is 1. The Morgan fingerprint density at radius 3 is 2.82 bits per heavy atom. The summed E-state index contributed by atoms with van der Waals surface area (Å²) in [7, 11) is 0. The van der Waals surface area contributed by atoms with Gasteiger partial charge in [0.05, 0.1) is 6.61 Å². The van der Waals surface area contributed by atoms with Crippen LogP contribution in [0.3, 0.4) is 0 Å². The van der Waals surface area contributed by atoms with Gasteiger partial charge in [-0.1, -0.05) is 50.2 Å². The molecule has 0 fully saturated rings. The van der Waals surface area contributed by atoms with Crippen molar-refractivity contribution in [1.29, 1.82) is 0 Å². The van der Waals surface area contributed by atoms with Crippen LogP contribution in [-0.4, -0.2) is 35.6 Å². The Labute approximate surface area is 170 Å². The second kappa shape index (κ2) is 10.2. The molecule has 3 N–H and O–H groups in total. The van der Waals surface area contributed by atoms with Gasteiger partial charge >= 0.3 is 12.0 Å². The number of carbonyl (C=O) groups is 1. The molecule has 8 nitrogen and oxygen atoms in total. The molecular formula is C19H29N5O3S. The van der Waals surface area contributed by atoms with Crippen molar-refractivity contribution >= 4 is 23.8 Å². The van der Waals surface area contributed by atoms with Gasteiger partial charge in [-0.2, -0.15) is 4.98 Å². The van der Waals surface area contributed by atoms with Crippen LogP contribution in [0, 0.1) is 6.92 Å². The minimum absolute atomic E-state index is 0.0516. The second-order valence-corrected chi connectivity index (χ2v) is 7.80. The van der Waals surface area contributed by atoms with Gasteiger partial charge < -0.3 is 14.6 Å². The lowest BCUT2D eigenvalue weighted by atomic mass is 9.81. The SMILES string of the molecule is CCC(C)(C)c1cc(C)ccc1OCCCNC(=O)NNc1nc(SC)no1. The highest BCUT2D eigenvalue weighted by Gasteiger charge is 2.22. The third-order valence-electron chi connectivity index (χ3n) is 4.49. The van der Waals surface area contributed by atoms with Gasteiger partial charge in [0.2, 0.25) is 5.16 Å². The Hall–Kier alpha value is -2.42.